The molecular weight excluding hydrogens is 1160 g/mol. The molecule has 4 aliphatic carbocycles. The first kappa shape index (κ1) is 68.7. The summed E-state index contributed by atoms with van der Waals surface area (Å²) >= 11 is 0. The number of fused-ring (bicyclic) bond motifs is 5. The van der Waals surface area contributed by atoms with Crippen LogP contribution in [-0.4, -0.2) is 263 Å². The van der Waals surface area contributed by atoms with Gasteiger partial charge in [-0.2, -0.15) is 8.42 Å². The largest absolute Gasteiger partial charge is 0.397 e. The maximum absolute atomic E-state index is 13.2. The Kier molecular flexibility index (Phi) is 21.1. The molecule has 3 saturated carbocycles. The van der Waals surface area contributed by atoms with Crippen LogP contribution in [0, 0.1) is 40.4 Å². The summed E-state index contributed by atoms with van der Waals surface area (Å²) in [7, 11) is -4.87. The fourth-order valence-corrected chi connectivity index (χ4v) is 16.6. The summed E-state index contributed by atoms with van der Waals surface area (Å²) in [6.07, 6.45) is -38.5. The summed E-state index contributed by atoms with van der Waals surface area (Å²) in [5, 5.41) is 146. The third-order valence-corrected chi connectivity index (χ3v) is 21.1. The second-order valence-corrected chi connectivity index (χ2v) is 28.1. The van der Waals surface area contributed by atoms with Gasteiger partial charge >= 0.3 is 10.4 Å². The van der Waals surface area contributed by atoms with Crippen molar-refractivity contribution in [3.63, 3.8) is 0 Å². The van der Waals surface area contributed by atoms with Crippen molar-refractivity contribution in [1.82, 2.24) is 0 Å². The summed E-state index contributed by atoms with van der Waals surface area (Å²) in [4.78, 5) is 13.2. The number of rotatable bonds is 18. The van der Waals surface area contributed by atoms with Crippen molar-refractivity contribution in [2.24, 2.45) is 40.4 Å². The number of carbonyl (C=O) groups excluding carboxylic acids is 1. The van der Waals surface area contributed by atoms with Gasteiger partial charge in [-0.15, -0.1) is 0 Å². The molecular formula is C57H94O28S. The van der Waals surface area contributed by atoms with E-state index in [1.54, 1.807) is 6.92 Å². The average molecular weight is 1260 g/mol. The minimum absolute atomic E-state index is 0.00712. The van der Waals surface area contributed by atoms with E-state index in [4.69, 9.17) is 51.6 Å². The van der Waals surface area contributed by atoms with Crippen molar-refractivity contribution >= 4 is 16.2 Å². The molecule has 34 atom stereocenters. The number of aliphatic hydroxyl groups is 13. The Morgan fingerprint density at radius 3 is 1.67 bits per heavy atom. The van der Waals surface area contributed by atoms with Crippen LogP contribution in [0.1, 0.15) is 120 Å². The highest BCUT2D eigenvalue weighted by atomic mass is 32.3. The van der Waals surface area contributed by atoms with Gasteiger partial charge in [0.15, 0.2) is 31.5 Å². The molecule has 5 saturated heterocycles. The number of allylic oxidation sites excluding steroid dienone is 2. The van der Waals surface area contributed by atoms with Crippen molar-refractivity contribution in [2.75, 3.05) is 6.61 Å². The molecule has 29 heteroatoms. The van der Waals surface area contributed by atoms with E-state index in [0.29, 0.717) is 32.1 Å². The molecule has 0 spiro atoms. The zero-order valence-corrected chi connectivity index (χ0v) is 50.8. The third kappa shape index (κ3) is 13.4. The molecule has 5 heterocycles. The number of ketones is 1. The smallest absolute Gasteiger partial charge is 0.394 e. The predicted molar refractivity (Wildman–Crippen MR) is 290 cm³/mol. The Labute approximate surface area is 500 Å². The fraction of sp³-hybridized carbons (Fsp3) is 0.947. The van der Waals surface area contributed by atoms with E-state index in [1.807, 2.05) is 13.8 Å². The van der Waals surface area contributed by atoms with Gasteiger partial charge in [0.25, 0.3) is 0 Å². The van der Waals surface area contributed by atoms with Crippen LogP contribution in [0.25, 0.3) is 0 Å². The molecule has 0 bridgehead atoms. The topological polar surface area (TPSA) is 436 Å². The highest BCUT2D eigenvalue weighted by molar-refractivity contribution is 7.80. The highest BCUT2D eigenvalue weighted by Gasteiger charge is 2.64. The van der Waals surface area contributed by atoms with E-state index in [1.165, 1.54) is 27.7 Å². The fourth-order valence-electron chi connectivity index (χ4n) is 16.1. The second kappa shape index (κ2) is 26.4. The molecule has 0 radical (unpaired) electrons. The maximum atomic E-state index is 13.2. The Morgan fingerprint density at radius 2 is 1.10 bits per heavy atom. The molecule has 86 heavy (non-hydrogen) atoms. The van der Waals surface area contributed by atoms with Gasteiger partial charge < -0.3 is 114 Å². The van der Waals surface area contributed by atoms with Crippen LogP contribution in [-0.2, 0) is 66.7 Å². The summed E-state index contributed by atoms with van der Waals surface area (Å²) < 4.78 is 101. The predicted octanol–water partition coefficient (Wildman–Crippen LogP) is -2.29. The van der Waals surface area contributed by atoms with Crippen LogP contribution in [0.2, 0.25) is 0 Å². The summed E-state index contributed by atoms with van der Waals surface area (Å²) in [5.41, 5.74) is -1.22. The van der Waals surface area contributed by atoms with Crippen LogP contribution < -0.4 is 0 Å². The van der Waals surface area contributed by atoms with Gasteiger partial charge in [0.05, 0.1) is 48.8 Å². The van der Waals surface area contributed by atoms with E-state index in [0.717, 1.165) is 12.0 Å². The van der Waals surface area contributed by atoms with Gasteiger partial charge in [-0.25, -0.2) is 4.18 Å². The van der Waals surface area contributed by atoms with Gasteiger partial charge in [-0.3, -0.25) is 9.35 Å². The summed E-state index contributed by atoms with van der Waals surface area (Å²) in [5.74, 6) is -0.741. The minimum Gasteiger partial charge on any atom is -0.394 e. The quantitative estimate of drug-likeness (QED) is 0.0507. The number of aliphatic hydroxyl groups excluding tert-OH is 12. The maximum Gasteiger partial charge on any atom is 0.397 e. The Hall–Kier alpha value is -1.64. The first-order valence-corrected chi connectivity index (χ1v) is 31.7. The van der Waals surface area contributed by atoms with Gasteiger partial charge in [0.2, 0.25) is 0 Å². The number of hydrogen-bond donors (Lipinski definition) is 14. The molecule has 0 aromatic heterocycles. The van der Waals surface area contributed by atoms with E-state index in [-0.39, 0.29) is 48.7 Å². The molecule has 28 nitrogen and oxygen atoms in total. The van der Waals surface area contributed by atoms with Crippen LogP contribution in [0.15, 0.2) is 11.6 Å². The van der Waals surface area contributed by atoms with Crippen molar-refractivity contribution in [3.05, 3.63) is 11.6 Å². The lowest BCUT2D eigenvalue weighted by Crippen LogP contribution is -2.68. The molecule has 0 amide bonds. The second-order valence-electron chi connectivity index (χ2n) is 27.1. The van der Waals surface area contributed by atoms with Gasteiger partial charge in [0.1, 0.15) is 103 Å². The van der Waals surface area contributed by atoms with Crippen LogP contribution in [0.4, 0.5) is 0 Å². The van der Waals surface area contributed by atoms with E-state index in [9.17, 15) is 84.1 Å². The number of Topliss-reactive ketones (excluding diaryl/α,β-unsaturated/α-hetero) is 1. The molecule has 0 aromatic rings. The number of ether oxygens (including phenoxy) is 10. The molecule has 0 aromatic carbocycles. The average Bonchev–Trinajstić information content (AvgIpc) is 1.34. The molecule has 14 N–H and O–H groups in total. The van der Waals surface area contributed by atoms with Crippen molar-refractivity contribution in [3.8, 4) is 0 Å². The first-order valence-electron chi connectivity index (χ1n) is 30.3. The van der Waals surface area contributed by atoms with Gasteiger partial charge in [-0.05, 0) is 120 Å². The van der Waals surface area contributed by atoms with E-state index < -0.39 is 205 Å². The lowest BCUT2D eigenvalue weighted by atomic mass is 9.47. The first-order chi connectivity index (χ1) is 40.1. The monoisotopic (exact) mass is 1260 g/mol. The zero-order chi connectivity index (χ0) is 63.2. The van der Waals surface area contributed by atoms with Crippen LogP contribution in [0.5, 0.6) is 0 Å². The highest BCUT2D eigenvalue weighted by Crippen LogP contribution is 2.67. The molecule has 9 rings (SSSR count). The Bertz CT molecular complexity index is 2460. The lowest BCUT2D eigenvalue weighted by Gasteiger charge is -2.60. The van der Waals surface area contributed by atoms with Gasteiger partial charge in [-0.1, -0.05) is 39.3 Å². The van der Waals surface area contributed by atoms with Crippen molar-refractivity contribution < 1.29 is 136 Å². The Morgan fingerprint density at radius 1 is 0.616 bits per heavy atom. The minimum atomic E-state index is -4.87. The molecule has 8 fully saturated rings. The zero-order valence-electron chi connectivity index (χ0n) is 50.0. The molecule has 9 aliphatic rings. The SMILES string of the molecule is CC(C)CC(=O)C[C@](C)(O)[C@H]1CC[C@H]2[C@@H]3C[C@H](O[C@@H]4O[C@H](C)[C@@H](O[C@@H]5O[C@H](CO)[C@@H](O[C@@H]6O[C@H](C)[C@@H](O)[C@H](O)[C@H]6O[C@@H]6O[C@H](C)[C@H](O)[C@H](O)[C@H]6O)[C@H](O)[C@H]5O[C@@H]5O[C@H](C)[C@@H](O)[C@H](O)[C@H]5O)[C@H](O)[C@H]4O)[C@H]4C[C@@H](OS(=O)(=O)O)CC[C@]4(C)C3=CC[C@@]21C. The van der Waals surface area contributed by atoms with Gasteiger partial charge in [0, 0.05) is 12.8 Å². The van der Waals surface area contributed by atoms with Crippen LogP contribution in [0.3, 0.4) is 0 Å². The normalized spacial score (nSPS) is 51.7. The standard InChI is InChI=1S/C57H94O28S/c1-21(2)16-26(59)19-57(9,71)34-11-10-29-28-18-32(31-17-27(85-86(72,73)74)12-14-55(31,7)30(28)13-15-56(29,34)8)79-50-44(69)41(66)46(25(6)78-50)81-54-49(84-52-43(68)39(64)36(61)23(4)76-52)45(70)47(33(20-58)80-54)82-53-48(40(65)37(62)24(5)77-53)83-51-42(67)38(63)35(60)22(3)75-51/h13,21-25,27-29,31-54,58,60-71H,10-12,14-20H2,1-9H3,(H,72,73,74)/t22-,23-,24-,25-,27+,28+,29+,31-,32+,33-,34+,35+,36-,37-,38+,39+,40+,41-,42-,43-,44-,45+,46-,47-,48-,49-,50+,51+,52+,53+,54+,55-,56+,57+/m1/s1. The Balaban J connectivity index is 0.966. The van der Waals surface area contributed by atoms with Crippen LogP contribution >= 0.6 is 0 Å². The summed E-state index contributed by atoms with van der Waals surface area (Å²) in [6.45, 7) is 14.5. The number of hydrogen-bond acceptors (Lipinski definition) is 27. The molecule has 0 unspecified atom stereocenters. The van der Waals surface area contributed by atoms with Crippen molar-refractivity contribution in [1.29, 1.82) is 0 Å². The number of carbonyl (C=O) groups is 1. The third-order valence-electron chi connectivity index (χ3n) is 20.6. The molecule has 5 aliphatic heterocycles. The lowest BCUT2D eigenvalue weighted by molar-refractivity contribution is -0.407. The van der Waals surface area contributed by atoms with Crippen molar-refractivity contribution in [2.45, 2.75) is 291 Å². The summed E-state index contributed by atoms with van der Waals surface area (Å²) in [6, 6.07) is 0. The van der Waals surface area contributed by atoms with E-state index in [2.05, 4.69) is 19.9 Å². The molecule has 496 valence electrons. The van der Waals surface area contributed by atoms with E-state index >= 15 is 0 Å².